The van der Waals surface area contributed by atoms with Gasteiger partial charge in [0.25, 0.3) is 0 Å². The highest BCUT2D eigenvalue weighted by atomic mass is 19.3. The summed E-state index contributed by atoms with van der Waals surface area (Å²) >= 11 is 0. The van der Waals surface area contributed by atoms with Crippen molar-refractivity contribution >= 4 is 0 Å². The topological polar surface area (TPSA) is 12.5 Å². The Balaban J connectivity index is 2.70. The van der Waals surface area contributed by atoms with Gasteiger partial charge in [-0.25, -0.2) is 0 Å². The lowest BCUT2D eigenvalue weighted by Crippen LogP contribution is -2.56. The van der Waals surface area contributed by atoms with E-state index >= 15 is 0 Å². The van der Waals surface area contributed by atoms with Crippen LogP contribution in [0.1, 0.15) is 12.8 Å². The van der Waals surface area contributed by atoms with Crippen LogP contribution >= 0.6 is 0 Å². The summed E-state index contributed by atoms with van der Waals surface area (Å²) in [5, 5.41) is 0. The van der Waals surface area contributed by atoms with Gasteiger partial charge in [0.2, 0.25) is 0 Å². The Labute approximate surface area is 79.8 Å². The molecule has 1 rings (SSSR count). The van der Waals surface area contributed by atoms with Gasteiger partial charge in [-0.3, -0.25) is 0 Å². The number of ether oxygens (including phenoxy) is 1. The second kappa shape index (κ2) is 4.02. The van der Waals surface area contributed by atoms with Gasteiger partial charge in [-0.05, 0) is 6.42 Å². The Morgan fingerprint density at radius 1 is 1.21 bits per heavy atom. The van der Waals surface area contributed by atoms with Crippen LogP contribution in [-0.2, 0) is 4.74 Å². The van der Waals surface area contributed by atoms with Gasteiger partial charge >= 0.3 is 12.1 Å². The molecule has 0 unspecified atom stereocenters. The molecule has 0 N–H and O–H groups in total. The van der Waals surface area contributed by atoms with Crippen molar-refractivity contribution < 1.29 is 22.3 Å². The Morgan fingerprint density at radius 3 is 2.14 bits per heavy atom. The fraction of sp³-hybridized carbons (Fsp3) is 0.875. The Kier molecular flexibility index (Phi) is 3.36. The zero-order valence-electron chi connectivity index (χ0n) is 7.77. The van der Waals surface area contributed by atoms with Crippen LogP contribution in [0.2, 0.25) is 0 Å². The van der Waals surface area contributed by atoms with Crippen molar-refractivity contribution in [2.24, 2.45) is 0 Å². The van der Waals surface area contributed by atoms with Gasteiger partial charge in [0, 0.05) is 26.5 Å². The minimum Gasteiger partial charge on any atom is -0.383 e. The number of likely N-dealkylation sites (tertiary alicyclic amines) is 1. The Morgan fingerprint density at radius 2 is 1.71 bits per heavy atom. The molecule has 1 fully saturated rings. The van der Waals surface area contributed by atoms with Gasteiger partial charge in [0.15, 0.2) is 0 Å². The van der Waals surface area contributed by atoms with E-state index in [1.807, 2.05) is 0 Å². The molecule has 0 aliphatic carbocycles. The largest absolute Gasteiger partial charge is 0.383 e. The first-order chi connectivity index (χ1) is 6.40. The minimum atomic E-state index is -3.47. The molecule has 1 aliphatic heterocycles. The van der Waals surface area contributed by atoms with Gasteiger partial charge < -0.3 is 4.74 Å². The van der Waals surface area contributed by atoms with Crippen LogP contribution in [0.3, 0.4) is 0 Å². The van der Waals surface area contributed by atoms with Crippen molar-refractivity contribution in [1.29, 1.82) is 0 Å². The maximum atomic E-state index is 13.0. The van der Waals surface area contributed by atoms with Crippen LogP contribution in [0.4, 0.5) is 17.6 Å². The van der Waals surface area contributed by atoms with E-state index in [4.69, 9.17) is 0 Å². The summed E-state index contributed by atoms with van der Waals surface area (Å²) in [5.74, 6) is 0. The monoisotopic (exact) mass is 214 g/mol. The first-order valence-electron chi connectivity index (χ1n) is 4.24. The van der Waals surface area contributed by atoms with Gasteiger partial charge in [0.05, 0.1) is 6.61 Å². The highest BCUT2D eigenvalue weighted by Gasteiger charge is 2.54. The molecule has 83 valence electrons. The van der Waals surface area contributed by atoms with Crippen molar-refractivity contribution in [2.45, 2.75) is 24.9 Å². The number of hydrogen-bond donors (Lipinski definition) is 0. The van der Waals surface area contributed by atoms with E-state index < -0.39 is 31.5 Å². The van der Waals surface area contributed by atoms with Gasteiger partial charge in [-0.2, -0.15) is 22.5 Å². The van der Waals surface area contributed by atoms with Crippen molar-refractivity contribution in [3.05, 3.63) is 6.42 Å². The molecule has 1 saturated heterocycles. The summed E-state index contributed by atoms with van der Waals surface area (Å²) in [5.41, 5.74) is 0. The van der Waals surface area contributed by atoms with Crippen LogP contribution in [0.15, 0.2) is 0 Å². The molecule has 0 aromatic carbocycles. The summed E-state index contributed by atoms with van der Waals surface area (Å²) in [7, 11) is 1.28. The molecule has 14 heavy (non-hydrogen) atoms. The molecule has 2 nitrogen and oxygen atoms in total. The molecule has 0 saturated carbocycles. The van der Waals surface area contributed by atoms with Crippen LogP contribution in [0.25, 0.3) is 0 Å². The molecular weight excluding hydrogens is 202 g/mol. The summed E-state index contributed by atoms with van der Waals surface area (Å²) in [6.07, 6.45) is -0.345. The lowest BCUT2D eigenvalue weighted by molar-refractivity contribution is -0.291. The van der Waals surface area contributed by atoms with E-state index in [1.165, 1.54) is 7.11 Å². The number of halogens is 4. The standard InChI is InChI=1S/C8H12F4NO/c1-14-6-5-13-7(9,10)3-2-4-8(13,11)12/h2H,3-6H2,1H3. The van der Waals surface area contributed by atoms with E-state index in [1.54, 1.807) is 0 Å². The summed E-state index contributed by atoms with van der Waals surface area (Å²) in [6.45, 7) is -0.602. The first-order valence-corrected chi connectivity index (χ1v) is 4.24. The van der Waals surface area contributed by atoms with E-state index in [-0.39, 0.29) is 11.5 Å². The molecule has 0 spiro atoms. The predicted octanol–water partition coefficient (Wildman–Crippen LogP) is 2.12. The quantitative estimate of drug-likeness (QED) is 0.527. The third-order valence-corrected chi connectivity index (χ3v) is 2.09. The van der Waals surface area contributed by atoms with E-state index in [0.717, 1.165) is 6.42 Å². The van der Waals surface area contributed by atoms with Gasteiger partial charge in [-0.15, -0.1) is 0 Å². The molecule has 0 aromatic rings. The Hall–Kier alpha value is -0.360. The fourth-order valence-electron chi connectivity index (χ4n) is 1.39. The molecule has 0 bridgehead atoms. The smallest absolute Gasteiger partial charge is 0.309 e. The first kappa shape index (κ1) is 11.7. The lowest BCUT2D eigenvalue weighted by atomic mass is 10.1. The molecule has 0 atom stereocenters. The summed E-state index contributed by atoms with van der Waals surface area (Å²) in [6, 6.07) is -6.94. The molecule has 1 radical (unpaired) electrons. The van der Waals surface area contributed by atoms with Crippen LogP contribution < -0.4 is 0 Å². The number of piperidine rings is 1. The Bertz CT molecular complexity index is 182. The number of alkyl halides is 4. The number of hydrogen-bond acceptors (Lipinski definition) is 2. The predicted molar refractivity (Wildman–Crippen MR) is 42.0 cm³/mol. The zero-order valence-corrected chi connectivity index (χ0v) is 7.77. The van der Waals surface area contributed by atoms with E-state index in [0.29, 0.717) is 0 Å². The zero-order chi connectivity index (χ0) is 10.8. The van der Waals surface area contributed by atoms with E-state index in [9.17, 15) is 17.6 Å². The highest BCUT2D eigenvalue weighted by molar-refractivity contribution is 4.91. The highest BCUT2D eigenvalue weighted by Crippen LogP contribution is 2.41. The minimum absolute atomic E-state index is 0.0937. The second-order valence-electron chi connectivity index (χ2n) is 3.17. The number of methoxy groups -OCH3 is 1. The maximum absolute atomic E-state index is 13.0. The molecular formula is C8H12F4NO. The third-order valence-electron chi connectivity index (χ3n) is 2.09. The average molecular weight is 214 g/mol. The van der Waals surface area contributed by atoms with Crippen molar-refractivity contribution in [2.75, 3.05) is 20.3 Å². The fourth-order valence-corrected chi connectivity index (χ4v) is 1.39. The molecule has 6 heteroatoms. The molecule has 0 amide bonds. The van der Waals surface area contributed by atoms with Crippen LogP contribution in [-0.4, -0.2) is 37.3 Å². The SMILES string of the molecule is COCCN1C(F)(F)C[CH]CC1(F)F. The molecule has 1 heterocycles. The lowest BCUT2D eigenvalue weighted by Gasteiger charge is -2.40. The maximum Gasteiger partial charge on any atom is 0.309 e. The number of nitrogens with zero attached hydrogens (tertiary/aromatic N) is 1. The van der Waals surface area contributed by atoms with Gasteiger partial charge in [-0.1, -0.05) is 0 Å². The number of rotatable bonds is 3. The molecule has 0 aromatic heterocycles. The van der Waals surface area contributed by atoms with Gasteiger partial charge in [0.1, 0.15) is 0 Å². The van der Waals surface area contributed by atoms with Crippen LogP contribution in [0, 0.1) is 6.42 Å². The molecule has 1 aliphatic rings. The van der Waals surface area contributed by atoms with Crippen molar-refractivity contribution in [1.82, 2.24) is 4.90 Å². The second-order valence-corrected chi connectivity index (χ2v) is 3.17. The van der Waals surface area contributed by atoms with E-state index in [2.05, 4.69) is 4.74 Å². The summed E-state index contributed by atoms with van der Waals surface area (Å²) in [4.78, 5) is -0.0937. The summed E-state index contributed by atoms with van der Waals surface area (Å²) < 4.78 is 56.7. The third kappa shape index (κ3) is 2.36. The van der Waals surface area contributed by atoms with Crippen molar-refractivity contribution in [3.63, 3.8) is 0 Å². The normalized spacial score (nSPS) is 26.4. The average Bonchev–Trinajstić information content (AvgIpc) is 2.01. The van der Waals surface area contributed by atoms with Crippen LogP contribution in [0.5, 0.6) is 0 Å². The van der Waals surface area contributed by atoms with Crippen molar-refractivity contribution in [3.8, 4) is 0 Å².